The molecule has 2 N–H and O–H groups in total. The van der Waals surface area contributed by atoms with Crippen LogP contribution in [0, 0.1) is 11.7 Å². The zero-order valence-electron chi connectivity index (χ0n) is 15.3. The van der Waals surface area contributed by atoms with E-state index in [4.69, 9.17) is 11.6 Å². The fraction of sp³-hybridized carbons (Fsp3) is 0.579. The lowest BCUT2D eigenvalue weighted by atomic mass is 9.78. The SMILES string of the molecule is CCN1C(=O)C2CCNN2C2CCC(C(=O)Nc3ccc(Cl)cc3F)CC21. The average molecular weight is 395 g/mol. The molecule has 0 spiro atoms. The van der Waals surface area contributed by atoms with Crippen molar-refractivity contribution < 1.29 is 14.0 Å². The first kappa shape index (κ1) is 18.7. The van der Waals surface area contributed by atoms with Gasteiger partial charge in [0.15, 0.2) is 0 Å². The molecular formula is C19H24ClFN4O2. The molecule has 4 atom stereocenters. The van der Waals surface area contributed by atoms with Crippen molar-refractivity contribution in [2.75, 3.05) is 18.4 Å². The highest BCUT2D eigenvalue weighted by molar-refractivity contribution is 6.30. The van der Waals surface area contributed by atoms with Crippen LogP contribution in [-0.2, 0) is 9.59 Å². The van der Waals surface area contributed by atoms with Crippen LogP contribution in [0.15, 0.2) is 18.2 Å². The molecule has 6 nitrogen and oxygen atoms in total. The van der Waals surface area contributed by atoms with Crippen LogP contribution in [-0.4, -0.2) is 52.9 Å². The van der Waals surface area contributed by atoms with Crippen LogP contribution in [0.2, 0.25) is 5.02 Å². The Balaban J connectivity index is 1.49. The van der Waals surface area contributed by atoms with E-state index in [2.05, 4.69) is 15.8 Å². The summed E-state index contributed by atoms with van der Waals surface area (Å²) < 4.78 is 14.0. The third-order valence-electron chi connectivity index (χ3n) is 6.06. The molecule has 1 aromatic carbocycles. The highest BCUT2D eigenvalue weighted by atomic mass is 35.5. The van der Waals surface area contributed by atoms with Crippen molar-refractivity contribution in [2.24, 2.45) is 5.92 Å². The van der Waals surface area contributed by atoms with Crippen molar-refractivity contribution in [1.82, 2.24) is 15.3 Å². The van der Waals surface area contributed by atoms with Gasteiger partial charge in [0.05, 0.1) is 5.69 Å². The highest BCUT2D eigenvalue weighted by Crippen LogP contribution is 2.37. The number of fused-ring (bicyclic) bond motifs is 3. The van der Waals surface area contributed by atoms with Crippen molar-refractivity contribution >= 4 is 29.1 Å². The van der Waals surface area contributed by atoms with Gasteiger partial charge in [-0.05, 0) is 50.8 Å². The summed E-state index contributed by atoms with van der Waals surface area (Å²) in [6.07, 6.45) is 2.98. The van der Waals surface area contributed by atoms with Crippen LogP contribution >= 0.6 is 11.6 Å². The molecule has 27 heavy (non-hydrogen) atoms. The number of benzene rings is 1. The van der Waals surface area contributed by atoms with Gasteiger partial charge in [-0.3, -0.25) is 15.0 Å². The lowest BCUT2D eigenvalue weighted by molar-refractivity contribution is -0.155. The predicted molar refractivity (Wildman–Crippen MR) is 101 cm³/mol. The number of hydrogen-bond acceptors (Lipinski definition) is 4. The normalized spacial score (nSPS) is 30.8. The number of halogens is 2. The van der Waals surface area contributed by atoms with E-state index >= 15 is 0 Å². The van der Waals surface area contributed by atoms with Crippen LogP contribution in [0.1, 0.15) is 32.6 Å². The monoisotopic (exact) mass is 394 g/mol. The standard InChI is InChI=1S/C19H24ClFN4O2/c1-2-24-17-9-11(18(26)23-14-5-4-12(20)10-13(14)21)3-6-15(17)25-16(19(24)27)7-8-22-25/h4-5,10-11,15-17,22H,2-3,6-9H2,1H3,(H,23,26). The van der Waals surface area contributed by atoms with E-state index in [9.17, 15) is 14.0 Å². The summed E-state index contributed by atoms with van der Waals surface area (Å²) >= 11 is 5.77. The Morgan fingerprint density at radius 1 is 1.33 bits per heavy atom. The summed E-state index contributed by atoms with van der Waals surface area (Å²) in [6, 6.07) is 4.36. The van der Waals surface area contributed by atoms with E-state index in [0.29, 0.717) is 13.0 Å². The molecule has 8 heteroatoms. The zero-order chi connectivity index (χ0) is 19.1. The summed E-state index contributed by atoms with van der Waals surface area (Å²) in [7, 11) is 0. The van der Waals surface area contributed by atoms with Gasteiger partial charge in [0.25, 0.3) is 0 Å². The van der Waals surface area contributed by atoms with Gasteiger partial charge in [0.1, 0.15) is 11.9 Å². The van der Waals surface area contributed by atoms with E-state index in [1.807, 2.05) is 11.8 Å². The molecule has 4 rings (SSSR count). The molecule has 2 saturated heterocycles. The topological polar surface area (TPSA) is 64.7 Å². The smallest absolute Gasteiger partial charge is 0.241 e. The number of piperazine rings is 1. The van der Waals surface area contributed by atoms with Gasteiger partial charge in [-0.15, -0.1) is 0 Å². The molecule has 2 amide bonds. The maximum atomic E-state index is 14.0. The van der Waals surface area contributed by atoms with Crippen LogP contribution in [0.25, 0.3) is 0 Å². The number of carbonyl (C=O) groups is 2. The minimum atomic E-state index is -0.545. The van der Waals surface area contributed by atoms with Crippen LogP contribution in [0.4, 0.5) is 10.1 Å². The summed E-state index contributed by atoms with van der Waals surface area (Å²) in [5.74, 6) is -0.845. The first-order chi connectivity index (χ1) is 13.0. The Morgan fingerprint density at radius 3 is 2.89 bits per heavy atom. The van der Waals surface area contributed by atoms with E-state index in [1.54, 1.807) is 6.07 Å². The van der Waals surface area contributed by atoms with Crippen LogP contribution in [0.3, 0.4) is 0 Å². The minimum absolute atomic E-state index is 0.00362. The average Bonchev–Trinajstić information content (AvgIpc) is 3.14. The second kappa shape index (κ2) is 7.37. The predicted octanol–water partition coefficient (Wildman–Crippen LogP) is 2.40. The van der Waals surface area contributed by atoms with Gasteiger partial charge < -0.3 is 10.2 Å². The number of nitrogens with one attached hydrogen (secondary N) is 2. The summed E-state index contributed by atoms with van der Waals surface area (Å²) in [5.41, 5.74) is 3.49. The lowest BCUT2D eigenvalue weighted by Crippen LogP contribution is -2.68. The number of hydrogen-bond donors (Lipinski definition) is 2. The fourth-order valence-electron chi connectivity index (χ4n) is 4.77. The molecule has 1 aliphatic carbocycles. The highest BCUT2D eigenvalue weighted by Gasteiger charge is 2.51. The van der Waals surface area contributed by atoms with Gasteiger partial charge in [0.2, 0.25) is 11.8 Å². The first-order valence-electron chi connectivity index (χ1n) is 9.57. The third-order valence-corrected chi connectivity index (χ3v) is 6.29. The molecule has 4 unspecified atom stereocenters. The van der Waals surface area contributed by atoms with Crippen molar-refractivity contribution in [2.45, 2.75) is 50.7 Å². The molecule has 3 aliphatic rings. The Morgan fingerprint density at radius 2 is 2.15 bits per heavy atom. The van der Waals surface area contributed by atoms with Crippen LogP contribution < -0.4 is 10.7 Å². The molecule has 0 aromatic heterocycles. The van der Waals surface area contributed by atoms with Crippen molar-refractivity contribution in [3.8, 4) is 0 Å². The Labute approximate surface area is 163 Å². The second-order valence-corrected chi connectivity index (χ2v) is 7.94. The number of rotatable bonds is 3. The first-order valence-corrected chi connectivity index (χ1v) is 9.95. The molecule has 2 heterocycles. The summed E-state index contributed by atoms with van der Waals surface area (Å²) in [4.78, 5) is 27.5. The number of anilines is 1. The molecule has 146 valence electrons. The van der Waals surface area contributed by atoms with E-state index in [-0.39, 0.29) is 46.6 Å². The van der Waals surface area contributed by atoms with Crippen molar-refractivity contribution in [3.63, 3.8) is 0 Å². The Bertz CT molecular complexity index is 761. The number of hydrazine groups is 1. The molecule has 0 bridgehead atoms. The number of likely N-dealkylation sites (N-methyl/N-ethyl adjacent to an activating group) is 1. The third kappa shape index (κ3) is 3.32. The minimum Gasteiger partial charge on any atom is -0.337 e. The number of carbonyl (C=O) groups excluding carboxylic acids is 2. The zero-order valence-corrected chi connectivity index (χ0v) is 16.0. The molecular weight excluding hydrogens is 371 g/mol. The maximum absolute atomic E-state index is 14.0. The van der Waals surface area contributed by atoms with Crippen LogP contribution in [0.5, 0.6) is 0 Å². The van der Waals surface area contributed by atoms with E-state index in [1.165, 1.54) is 12.1 Å². The van der Waals surface area contributed by atoms with Crippen molar-refractivity contribution in [1.29, 1.82) is 0 Å². The molecule has 1 saturated carbocycles. The Hall–Kier alpha value is -1.70. The van der Waals surface area contributed by atoms with E-state index in [0.717, 1.165) is 25.8 Å². The van der Waals surface area contributed by atoms with Gasteiger partial charge in [-0.25, -0.2) is 9.40 Å². The van der Waals surface area contributed by atoms with Crippen molar-refractivity contribution in [3.05, 3.63) is 29.0 Å². The largest absolute Gasteiger partial charge is 0.337 e. The van der Waals surface area contributed by atoms with Gasteiger partial charge in [-0.2, -0.15) is 0 Å². The summed E-state index contributed by atoms with van der Waals surface area (Å²) in [6.45, 7) is 3.45. The van der Waals surface area contributed by atoms with E-state index < -0.39 is 5.82 Å². The van der Waals surface area contributed by atoms with Gasteiger partial charge in [0, 0.05) is 36.1 Å². The van der Waals surface area contributed by atoms with Gasteiger partial charge >= 0.3 is 0 Å². The molecule has 1 aromatic rings. The molecule has 2 aliphatic heterocycles. The Kier molecular flexibility index (Phi) is 5.09. The molecule has 0 radical (unpaired) electrons. The second-order valence-electron chi connectivity index (χ2n) is 7.50. The lowest BCUT2D eigenvalue weighted by Gasteiger charge is -2.51. The number of nitrogens with zero attached hydrogens (tertiary/aromatic N) is 2. The quantitative estimate of drug-likeness (QED) is 0.826. The number of amides is 2. The fourth-order valence-corrected chi connectivity index (χ4v) is 4.93. The molecule has 3 fully saturated rings. The summed E-state index contributed by atoms with van der Waals surface area (Å²) in [5, 5.41) is 5.09. The maximum Gasteiger partial charge on any atom is 0.241 e. The van der Waals surface area contributed by atoms with Gasteiger partial charge in [-0.1, -0.05) is 11.6 Å².